The maximum atomic E-state index is 3.61. The van der Waals surface area contributed by atoms with Gasteiger partial charge in [-0.05, 0) is 83.2 Å². The van der Waals surface area contributed by atoms with Gasteiger partial charge in [-0.3, -0.25) is 0 Å². The molecule has 0 spiro atoms. The number of hydrogen-bond donors (Lipinski definition) is 0. The molecular formula is C12H5Br5. The first-order chi connectivity index (χ1) is 8.00. The van der Waals surface area contributed by atoms with Crippen molar-refractivity contribution in [1.82, 2.24) is 0 Å². The van der Waals surface area contributed by atoms with Gasteiger partial charge in [0.2, 0.25) is 0 Å². The average Bonchev–Trinajstić information content (AvgIpc) is 2.30. The van der Waals surface area contributed by atoms with Crippen molar-refractivity contribution in [2.45, 2.75) is 0 Å². The summed E-state index contributed by atoms with van der Waals surface area (Å²) in [5, 5.41) is 0. The van der Waals surface area contributed by atoms with Crippen molar-refractivity contribution in [3.05, 3.63) is 52.7 Å². The first-order valence-electron chi connectivity index (χ1n) is 4.59. The fraction of sp³-hybridized carbons (Fsp3) is 0. The van der Waals surface area contributed by atoms with Crippen LogP contribution in [0.25, 0.3) is 11.1 Å². The van der Waals surface area contributed by atoms with Gasteiger partial charge in [0.1, 0.15) is 0 Å². The number of rotatable bonds is 1. The smallest absolute Gasteiger partial charge is 0.0465 e. The van der Waals surface area contributed by atoms with E-state index in [1.807, 2.05) is 18.2 Å². The Hall–Kier alpha value is 0.840. The number of benzene rings is 2. The van der Waals surface area contributed by atoms with E-state index in [0.29, 0.717) is 0 Å². The molecule has 0 nitrogen and oxygen atoms in total. The van der Waals surface area contributed by atoms with E-state index in [2.05, 4.69) is 91.8 Å². The van der Waals surface area contributed by atoms with Gasteiger partial charge >= 0.3 is 0 Å². The fourth-order valence-corrected chi connectivity index (χ4v) is 3.76. The van der Waals surface area contributed by atoms with E-state index < -0.39 is 0 Å². The van der Waals surface area contributed by atoms with Gasteiger partial charge in [-0.1, -0.05) is 37.9 Å². The van der Waals surface area contributed by atoms with Crippen molar-refractivity contribution in [3.63, 3.8) is 0 Å². The predicted molar refractivity (Wildman–Crippen MR) is 90.4 cm³/mol. The maximum Gasteiger partial charge on any atom is 0.0465 e. The molecule has 5 heteroatoms. The quantitative estimate of drug-likeness (QED) is 0.332. The molecule has 0 atom stereocenters. The van der Waals surface area contributed by atoms with Crippen LogP contribution in [0.4, 0.5) is 0 Å². The molecular weight excluding hydrogens is 544 g/mol. The molecule has 0 aliphatic carbocycles. The topological polar surface area (TPSA) is 0 Å². The summed E-state index contributed by atoms with van der Waals surface area (Å²) in [5.41, 5.74) is 2.27. The second kappa shape index (κ2) is 5.87. The van der Waals surface area contributed by atoms with Gasteiger partial charge in [-0.15, -0.1) is 0 Å². The minimum Gasteiger partial charge on any atom is -0.0520 e. The summed E-state index contributed by atoms with van der Waals surface area (Å²) in [6.07, 6.45) is 0. The molecule has 0 N–H and O–H groups in total. The average molecular weight is 549 g/mol. The SMILES string of the molecule is Brc1ccc(Br)c(-c2ccc(Br)c(Br)c2Br)c1. The standard InChI is InChI=1S/C12H5Br5/c13-6-1-3-9(14)8(5-6)7-2-4-10(15)12(17)11(7)16/h1-5H. The molecule has 0 saturated heterocycles. The lowest BCUT2D eigenvalue weighted by Crippen LogP contribution is -1.84. The summed E-state index contributed by atoms with van der Waals surface area (Å²) >= 11 is 17.7. The molecule has 0 aromatic heterocycles. The van der Waals surface area contributed by atoms with Crippen LogP contribution in [0.15, 0.2) is 52.7 Å². The molecule has 0 fully saturated rings. The van der Waals surface area contributed by atoms with E-state index in [0.717, 1.165) is 33.5 Å². The lowest BCUT2D eigenvalue weighted by Gasteiger charge is -2.10. The molecule has 2 aromatic rings. The Morgan fingerprint density at radius 2 is 1.24 bits per heavy atom. The van der Waals surface area contributed by atoms with E-state index in [9.17, 15) is 0 Å². The highest BCUT2D eigenvalue weighted by atomic mass is 79.9. The zero-order valence-electron chi connectivity index (χ0n) is 8.28. The molecule has 0 unspecified atom stereocenters. The molecule has 88 valence electrons. The summed E-state index contributed by atoms with van der Waals surface area (Å²) in [7, 11) is 0. The van der Waals surface area contributed by atoms with Crippen LogP contribution in [0.3, 0.4) is 0 Å². The zero-order chi connectivity index (χ0) is 12.6. The van der Waals surface area contributed by atoms with Crippen LogP contribution in [-0.4, -0.2) is 0 Å². The Morgan fingerprint density at radius 3 is 1.94 bits per heavy atom. The van der Waals surface area contributed by atoms with Crippen molar-refractivity contribution >= 4 is 79.6 Å². The minimum atomic E-state index is 1.02. The van der Waals surface area contributed by atoms with Crippen molar-refractivity contribution < 1.29 is 0 Å². The van der Waals surface area contributed by atoms with Crippen LogP contribution in [-0.2, 0) is 0 Å². The minimum absolute atomic E-state index is 1.02. The van der Waals surface area contributed by atoms with Crippen LogP contribution in [0.1, 0.15) is 0 Å². The van der Waals surface area contributed by atoms with E-state index in [1.54, 1.807) is 0 Å². The van der Waals surface area contributed by atoms with Crippen LogP contribution >= 0.6 is 79.6 Å². The van der Waals surface area contributed by atoms with E-state index in [1.165, 1.54) is 0 Å². The van der Waals surface area contributed by atoms with Gasteiger partial charge in [0.05, 0.1) is 0 Å². The first kappa shape index (κ1) is 14.3. The molecule has 0 amide bonds. The van der Waals surface area contributed by atoms with Crippen molar-refractivity contribution in [1.29, 1.82) is 0 Å². The second-order valence-corrected chi connectivity index (χ2v) is 7.56. The molecule has 2 rings (SSSR count). The van der Waals surface area contributed by atoms with E-state index in [4.69, 9.17) is 0 Å². The Bertz CT molecular complexity index is 577. The Balaban J connectivity index is 2.69. The highest BCUT2D eigenvalue weighted by Gasteiger charge is 2.12. The molecule has 0 radical (unpaired) electrons. The normalized spacial score (nSPS) is 10.6. The van der Waals surface area contributed by atoms with Gasteiger partial charge in [0.15, 0.2) is 0 Å². The van der Waals surface area contributed by atoms with Crippen molar-refractivity contribution in [3.8, 4) is 11.1 Å². The van der Waals surface area contributed by atoms with Crippen molar-refractivity contribution in [2.75, 3.05) is 0 Å². The molecule has 0 saturated carbocycles. The Labute approximate surface area is 142 Å². The van der Waals surface area contributed by atoms with Crippen LogP contribution < -0.4 is 0 Å². The largest absolute Gasteiger partial charge is 0.0520 e. The summed E-state index contributed by atoms with van der Waals surface area (Å²) < 4.78 is 5.20. The fourth-order valence-electron chi connectivity index (χ4n) is 1.44. The van der Waals surface area contributed by atoms with Gasteiger partial charge in [-0.25, -0.2) is 0 Å². The monoisotopic (exact) mass is 544 g/mol. The summed E-state index contributed by atoms with van der Waals surface area (Å²) in [5.74, 6) is 0. The van der Waals surface area contributed by atoms with Crippen molar-refractivity contribution in [2.24, 2.45) is 0 Å². The number of hydrogen-bond acceptors (Lipinski definition) is 0. The van der Waals surface area contributed by atoms with Crippen LogP contribution in [0.5, 0.6) is 0 Å². The van der Waals surface area contributed by atoms with Gasteiger partial charge in [-0.2, -0.15) is 0 Å². The summed E-state index contributed by atoms with van der Waals surface area (Å²) in [6.45, 7) is 0. The molecule has 0 aliphatic heterocycles. The molecule has 0 heterocycles. The van der Waals surface area contributed by atoms with Gasteiger partial charge < -0.3 is 0 Å². The Kier molecular flexibility index (Phi) is 4.92. The van der Waals surface area contributed by atoms with E-state index in [-0.39, 0.29) is 0 Å². The Morgan fingerprint density at radius 1 is 0.588 bits per heavy atom. The van der Waals surface area contributed by atoms with Crippen LogP contribution in [0, 0.1) is 0 Å². The van der Waals surface area contributed by atoms with E-state index >= 15 is 0 Å². The third-order valence-electron chi connectivity index (χ3n) is 2.25. The first-order valence-corrected chi connectivity index (χ1v) is 8.56. The highest BCUT2D eigenvalue weighted by molar-refractivity contribution is 9.14. The zero-order valence-corrected chi connectivity index (χ0v) is 16.2. The third-order valence-corrected chi connectivity index (χ3v) is 6.81. The van der Waals surface area contributed by atoms with Gasteiger partial charge in [0, 0.05) is 22.4 Å². The van der Waals surface area contributed by atoms with Gasteiger partial charge in [0.25, 0.3) is 0 Å². The lowest BCUT2D eigenvalue weighted by molar-refractivity contribution is 1.49. The maximum absolute atomic E-state index is 3.61. The lowest BCUT2D eigenvalue weighted by atomic mass is 10.1. The molecule has 0 aliphatic rings. The second-order valence-electron chi connectivity index (χ2n) is 3.35. The molecule has 17 heavy (non-hydrogen) atoms. The highest BCUT2D eigenvalue weighted by Crippen LogP contribution is 2.41. The molecule has 2 aromatic carbocycles. The summed E-state index contributed by atoms with van der Waals surface area (Å²) in [6, 6.07) is 10.2. The predicted octanol–water partition coefficient (Wildman–Crippen LogP) is 7.17. The summed E-state index contributed by atoms with van der Waals surface area (Å²) in [4.78, 5) is 0. The third kappa shape index (κ3) is 3.06. The number of halogens is 5. The molecule has 0 bridgehead atoms. The van der Waals surface area contributed by atoms with Crippen LogP contribution in [0.2, 0.25) is 0 Å².